The fourth-order valence-electron chi connectivity index (χ4n) is 4.25. The van der Waals surface area contributed by atoms with E-state index in [4.69, 9.17) is 0 Å². The monoisotopic (exact) mass is 240 g/mol. The Hall–Kier alpha value is -1.04. The second kappa shape index (κ2) is 4.26. The van der Waals surface area contributed by atoms with Crippen LogP contribution in [0.1, 0.15) is 57.8 Å². The highest BCUT2D eigenvalue weighted by Crippen LogP contribution is 2.56. The van der Waals surface area contributed by atoms with Crippen LogP contribution in [0.15, 0.2) is 47.6 Å². The smallest absolute Gasteiger partial charge is 0.0155 e. The standard InChI is InChI=1S/C18H24/c1-13-6-4-9-16-12-18(11-10-17(13)16)14(2)7-5-8-15(18)3/h1-12H2. The van der Waals surface area contributed by atoms with Gasteiger partial charge in [-0.3, -0.25) is 0 Å². The Morgan fingerprint density at radius 2 is 1.44 bits per heavy atom. The average molecular weight is 240 g/mol. The summed E-state index contributed by atoms with van der Waals surface area (Å²) in [4.78, 5) is 0. The quantitative estimate of drug-likeness (QED) is 0.491. The van der Waals surface area contributed by atoms with Gasteiger partial charge in [0.15, 0.2) is 0 Å². The van der Waals surface area contributed by atoms with E-state index < -0.39 is 0 Å². The molecular weight excluding hydrogens is 216 g/mol. The highest BCUT2D eigenvalue weighted by atomic mass is 14.5. The maximum atomic E-state index is 4.39. The Balaban J connectivity index is 1.96. The van der Waals surface area contributed by atoms with Crippen molar-refractivity contribution in [3.05, 3.63) is 47.6 Å². The minimum atomic E-state index is 0.259. The van der Waals surface area contributed by atoms with E-state index in [1.807, 2.05) is 0 Å². The van der Waals surface area contributed by atoms with E-state index in [2.05, 4.69) is 19.7 Å². The van der Waals surface area contributed by atoms with Crippen LogP contribution in [0.2, 0.25) is 0 Å². The van der Waals surface area contributed by atoms with Crippen LogP contribution in [0, 0.1) is 5.41 Å². The predicted octanol–water partition coefficient (Wildman–Crippen LogP) is 5.49. The summed E-state index contributed by atoms with van der Waals surface area (Å²) in [7, 11) is 0. The molecule has 0 heterocycles. The molecule has 0 amide bonds. The topological polar surface area (TPSA) is 0 Å². The summed E-state index contributed by atoms with van der Waals surface area (Å²) in [5.74, 6) is 0. The minimum absolute atomic E-state index is 0.259. The Morgan fingerprint density at radius 3 is 2.17 bits per heavy atom. The fourth-order valence-corrected chi connectivity index (χ4v) is 4.25. The summed E-state index contributed by atoms with van der Waals surface area (Å²) in [5.41, 5.74) is 7.88. The second-order valence-corrected chi connectivity index (χ2v) is 6.36. The molecule has 0 bridgehead atoms. The molecule has 96 valence electrons. The number of rotatable bonds is 0. The van der Waals surface area contributed by atoms with Crippen LogP contribution < -0.4 is 0 Å². The van der Waals surface area contributed by atoms with Gasteiger partial charge in [0, 0.05) is 5.41 Å². The molecule has 0 heteroatoms. The van der Waals surface area contributed by atoms with Gasteiger partial charge in [-0.05, 0) is 63.4 Å². The third-order valence-electron chi connectivity index (χ3n) is 5.44. The molecule has 0 unspecified atom stereocenters. The molecule has 3 rings (SSSR count). The molecule has 1 fully saturated rings. The molecule has 0 radical (unpaired) electrons. The molecule has 0 aromatic heterocycles. The van der Waals surface area contributed by atoms with Crippen LogP contribution in [0.4, 0.5) is 0 Å². The molecule has 3 aliphatic carbocycles. The normalized spacial score (nSPS) is 27.7. The van der Waals surface area contributed by atoms with Gasteiger partial charge in [-0.1, -0.05) is 42.0 Å². The van der Waals surface area contributed by atoms with Crippen LogP contribution in [0.5, 0.6) is 0 Å². The molecule has 1 spiro atoms. The molecule has 0 nitrogen and oxygen atoms in total. The minimum Gasteiger partial charge on any atom is -0.0990 e. The zero-order valence-corrected chi connectivity index (χ0v) is 11.5. The Morgan fingerprint density at radius 1 is 0.778 bits per heavy atom. The number of hydrogen-bond donors (Lipinski definition) is 0. The van der Waals surface area contributed by atoms with Gasteiger partial charge in [-0.25, -0.2) is 0 Å². The zero-order valence-electron chi connectivity index (χ0n) is 11.5. The van der Waals surface area contributed by atoms with Gasteiger partial charge in [-0.15, -0.1) is 0 Å². The van der Waals surface area contributed by atoms with Gasteiger partial charge in [0.1, 0.15) is 0 Å². The van der Waals surface area contributed by atoms with Crippen molar-refractivity contribution >= 4 is 0 Å². The summed E-state index contributed by atoms with van der Waals surface area (Å²) in [6, 6.07) is 0. The van der Waals surface area contributed by atoms with Crippen molar-refractivity contribution in [3.8, 4) is 0 Å². The van der Waals surface area contributed by atoms with Crippen molar-refractivity contribution in [2.75, 3.05) is 0 Å². The molecule has 0 aromatic rings. The largest absolute Gasteiger partial charge is 0.0990 e. The van der Waals surface area contributed by atoms with Crippen molar-refractivity contribution in [1.82, 2.24) is 0 Å². The van der Waals surface area contributed by atoms with Gasteiger partial charge >= 0.3 is 0 Å². The third kappa shape index (κ3) is 1.66. The fraction of sp³-hybridized carbons (Fsp3) is 0.556. The first-order valence-corrected chi connectivity index (χ1v) is 7.39. The lowest BCUT2D eigenvalue weighted by Gasteiger charge is -2.46. The molecule has 0 aromatic carbocycles. The Bertz CT molecular complexity index is 442. The first kappa shape index (κ1) is 12.0. The van der Waals surface area contributed by atoms with Crippen molar-refractivity contribution in [2.45, 2.75) is 57.8 Å². The maximum Gasteiger partial charge on any atom is 0.0155 e. The summed E-state index contributed by atoms with van der Waals surface area (Å²) in [6.45, 7) is 13.1. The van der Waals surface area contributed by atoms with E-state index in [0.717, 1.165) is 0 Å². The lowest BCUT2D eigenvalue weighted by Crippen LogP contribution is -2.33. The van der Waals surface area contributed by atoms with Crippen molar-refractivity contribution < 1.29 is 0 Å². The van der Waals surface area contributed by atoms with E-state index in [-0.39, 0.29) is 5.41 Å². The van der Waals surface area contributed by atoms with E-state index in [1.165, 1.54) is 74.5 Å². The average Bonchev–Trinajstić information content (AvgIpc) is 2.36. The van der Waals surface area contributed by atoms with E-state index in [0.29, 0.717) is 0 Å². The molecular formula is C18H24. The third-order valence-corrected chi connectivity index (χ3v) is 5.44. The van der Waals surface area contributed by atoms with Crippen LogP contribution in [0.3, 0.4) is 0 Å². The van der Waals surface area contributed by atoms with Gasteiger partial charge in [0.2, 0.25) is 0 Å². The first-order valence-electron chi connectivity index (χ1n) is 7.39. The van der Waals surface area contributed by atoms with Crippen LogP contribution in [-0.4, -0.2) is 0 Å². The van der Waals surface area contributed by atoms with Gasteiger partial charge in [0.05, 0.1) is 0 Å². The molecule has 0 saturated heterocycles. The Kier molecular flexibility index (Phi) is 2.84. The summed E-state index contributed by atoms with van der Waals surface area (Å²) < 4.78 is 0. The lowest BCUT2D eigenvalue weighted by molar-refractivity contribution is 0.317. The van der Waals surface area contributed by atoms with E-state index >= 15 is 0 Å². The van der Waals surface area contributed by atoms with Gasteiger partial charge in [-0.2, -0.15) is 0 Å². The zero-order chi connectivity index (χ0) is 12.8. The van der Waals surface area contributed by atoms with Crippen LogP contribution in [0.25, 0.3) is 0 Å². The lowest BCUT2D eigenvalue weighted by atomic mass is 9.58. The molecule has 0 atom stereocenters. The van der Waals surface area contributed by atoms with Crippen molar-refractivity contribution in [3.63, 3.8) is 0 Å². The highest BCUT2D eigenvalue weighted by Gasteiger charge is 2.42. The molecule has 18 heavy (non-hydrogen) atoms. The van der Waals surface area contributed by atoms with E-state index in [1.54, 1.807) is 11.1 Å². The van der Waals surface area contributed by atoms with Gasteiger partial charge < -0.3 is 0 Å². The maximum absolute atomic E-state index is 4.39. The number of hydrogen-bond acceptors (Lipinski definition) is 0. The first-order chi connectivity index (χ1) is 8.63. The van der Waals surface area contributed by atoms with Crippen molar-refractivity contribution in [2.24, 2.45) is 5.41 Å². The summed E-state index contributed by atoms with van der Waals surface area (Å²) >= 11 is 0. The molecule has 3 aliphatic rings. The predicted molar refractivity (Wildman–Crippen MR) is 78.4 cm³/mol. The van der Waals surface area contributed by atoms with Crippen LogP contribution in [-0.2, 0) is 0 Å². The summed E-state index contributed by atoms with van der Waals surface area (Å²) in [6.07, 6.45) is 11.1. The SMILES string of the molecule is C=C1CCCC2=C1CCC1(C2)C(=C)CCCC1=C. The molecule has 0 aliphatic heterocycles. The van der Waals surface area contributed by atoms with Crippen LogP contribution >= 0.6 is 0 Å². The summed E-state index contributed by atoms with van der Waals surface area (Å²) in [5, 5.41) is 0. The Labute approximate surface area is 111 Å². The highest BCUT2D eigenvalue weighted by molar-refractivity contribution is 5.44. The molecule has 0 N–H and O–H groups in total. The number of allylic oxidation sites excluding steroid dienone is 5. The van der Waals surface area contributed by atoms with E-state index in [9.17, 15) is 0 Å². The van der Waals surface area contributed by atoms with Crippen molar-refractivity contribution in [1.29, 1.82) is 0 Å². The second-order valence-electron chi connectivity index (χ2n) is 6.36. The molecule has 1 saturated carbocycles. The van der Waals surface area contributed by atoms with Gasteiger partial charge in [0.25, 0.3) is 0 Å².